The Labute approximate surface area is 171 Å². The summed E-state index contributed by atoms with van der Waals surface area (Å²) in [5, 5.41) is 0. The summed E-state index contributed by atoms with van der Waals surface area (Å²) >= 11 is 0. The van der Waals surface area contributed by atoms with E-state index in [0.29, 0.717) is 32.8 Å². The lowest BCUT2D eigenvalue weighted by Gasteiger charge is -2.35. The van der Waals surface area contributed by atoms with Crippen LogP contribution in [0.5, 0.6) is 0 Å². The predicted molar refractivity (Wildman–Crippen MR) is 119 cm³/mol. The lowest BCUT2D eigenvalue weighted by atomic mass is 9.96. The van der Waals surface area contributed by atoms with Crippen molar-refractivity contribution >= 4 is 14.6 Å². The highest BCUT2D eigenvalue weighted by Crippen LogP contribution is 2.46. The third kappa shape index (κ3) is 4.75. The summed E-state index contributed by atoms with van der Waals surface area (Å²) in [4.78, 5) is 0. The Morgan fingerprint density at radius 3 is 2.07 bits per heavy atom. The van der Waals surface area contributed by atoms with E-state index in [2.05, 4.69) is 80.5 Å². The van der Waals surface area contributed by atoms with Gasteiger partial charge in [-0.2, -0.15) is 0 Å². The molecule has 28 heavy (non-hydrogen) atoms. The summed E-state index contributed by atoms with van der Waals surface area (Å²) in [6.45, 7) is 11.4. The Morgan fingerprint density at radius 2 is 1.50 bits per heavy atom. The number of halogens is 1. The minimum absolute atomic E-state index is 0.186. The van der Waals surface area contributed by atoms with Crippen LogP contribution in [0, 0.1) is 17.7 Å². The fourth-order valence-electron chi connectivity index (χ4n) is 3.52. The van der Waals surface area contributed by atoms with Crippen molar-refractivity contribution in [1.29, 1.82) is 0 Å². The molecule has 3 rings (SSSR count). The van der Waals surface area contributed by atoms with Crippen LogP contribution in [0.25, 0.3) is 5.70 Å². The topological polar surface area (TPSA) is 6.48 Å². The molecule has 0 radical (unpaired) electrons. The first-order chi connectivity index (χ1) is 13.4. The van der Waals surface area contributed by atoms with Gasteiger partial charge in [-0.05, 0) is 60.6 Å². The van der Waals surface area contributed by atoms with Gasteiger partial charge in [0.2, 0.25) is 0 Å². The summed E-state index contributed by atoms with van der Waals surface area (Å²) < 4.78 is 18.5. The molecule has 0 amide bonds. The van der Waals surface area contributed by atoms with Gasteiger partial charge in [0, 0.05) is 18.3 Å². The maximum absolute atomic E-state index is 13.5. The van der Waals surface area contributed by atoms with E-state index in [-0.39, 0.29) is 5.82 Å². The maximum atomic E-state index is 13.5. The predicted octanol–water partition coefficient (Wildman–Crippen LogP) is 6.56. The first-order valence-corrected chi connectivity index (χ1v) is 11.1. The van der Waals surface area contributed by atoms with E-state index < -0.39 is 0 Å². The van der Waals surface area contributed by atoms with Gasteiger partial charge in [0.25, 0.3) is 0 Å². The molecule has 0 saturated carbocycles. The van der Waals surface area contributed by atoms with Crippen LogP contribution in [0.15, 0.2) is 60.8 Å². The van der Waals surface area contributed by atoms with Gasteiger partial charge in [0.15, 0.2) is 0 Å². The number of hydrogen-bond donors (Lipinski definition) is 0. The Hall–Kier alpha value is -1.86. The molecular weight excluding hydrogens is 366 g/mol. The van der Waals surface area contributed by atoms with E-state index in [4.69, 9.17) is 0 Å². The van der Waals surface area contributed by atoms with Crippen molar-refractivity contribution in [2.24, 2.45) is 11.8 Å². The van der Waals surface area contributed by atoms with E-state index in [1.54, 1.807) is 12.1 Å². The van der Waals surface area contributed by atoms with E-state index in [1.807, 2.05) is 12.1 Å². The molecular formula is C24H32FN2P. The normalized spacial score (nSPS) is 17.5. The van der Waals surface area contributed by atoms with Crippen LogP contribution in [0.1, 0.15) is 45.7 Å². The maximum Gasteiger partial charge on any atom is 0.123 e. The molecule has 1 aliphatic heterocycles. The molecule has 4 heteroatoms. The summed E-state index contributed by atoms with van der Waals surface area (Å²) in [6.07, 6.45) is 3.33. The van der Waals surface area contributed by atoms with Crippen LogP contribution >= 0.6 is 8.88 Å². The first-order valence-electron chi connectivity index (χ1n) is 10.2. The second-order valence-corrected chi connectivity index (χ2v) is 9.58. The zero-order valence-corrected chi connectivity index (χ0v) is 18.6. The molecule has 2 nitrogen and oxygen atoms in total. The smallest absolute Gasteiger partial charge is 0.123 e. The molecule has 150 valence electrons. The molecule has 0 bridgehead atoms. The van der Waals surface area contributed by atoms with Crippen molar-refractivity contribution in [2.45, 2.75) is 53.1 Å². The molecule has 2 aromatic carbocycles. The Morgan fingerprint density at radius 1 is 0.857 bits per heavy atom. The molecule has 0 spiro atoms. The van der Waals surface area contributed by atoms with Gasteiger partial charge in [-0.25, -0.2) is 4.39 Å². The fraction of sp³-hybridized carbons (Fsp3) is 0.417. The van der Waals surface area contributed by atoms with Crippen molar-refractivity contribution in [3.8, 4) is 0 Å². The summed E-state index contributed by atoms with van der Waals surface area (Å²) in [5.74, 6) is 0.893. The molecule has 0 saturated heterocycles. The fourth-order valence-corrected chi connectivity index (χ4v) is 5.27. The van der Waals surface area contributed by atoms with Gasteiger partial charge in [-0.15, -0.1) is 0 Å². The third-order valence-electron chi connectivity index (χ3n) is 5.67. The third-order valence-corrected chi connectivity index (χ3v) is 7.23. The monoisotopic (exact) mass is 398 g/mol. The van der Waals surface area contributed by atoms with Crippen LogP contribution < -0.4 is 0 Å². The highest BCUT2D eigenvalue weighted by molar-refractivity contribution is 7.33. The van der Waals surface area contributed by atoms with Gasteiger partial charge in [-0.3, -0.25) is 0 Å². The molecule has 2 aromatic rings. The number of nitrogens with zero attached hydrogens (tertiary/aromatic N) is 2. The van der Waals surface area contributed by atoms with E-state index in [1.165, 1.54) is 11.3 Å². The van der Waals surface area contributed by atoms with Crippen LogP contribution in [0.3, 0.4) is 0 Å². The Balaban J connectivity index is 1.92. The van der Waals surface area contributed by atoms with E-state index >= 15 is 0 Å². The van der Waals surface area contributed by atoms with E-state index in [9.17, 15) is 4.39 Å². The summed E-state index contributed by atoms with van der Waals surface area (Å²) in [6, 6.07) is 18.5. The zero-order valence-electron chi connectivity index (χ0n) is 17.6. The standard InChI is InChI=1S/C24H32FN2P/c1-17(2)19(5)27-24(21-11-13-22(25)14-12-21)16-26(28-27)23(18(3)4)15-20-9-7-6-8-10-20/h6-14,16-19,23,28H,15H2,1-5H3/t19-,23-/m1/s1. The molecule has 0 N–H and O–H groups in total. The second-order valence-electron chi connectivity index (χ2n) is 8.38. The van der Waals surface area contributed by atoms with Crippen LogP contribution in [0.4, 0.5) is 4.39 Å². The van der Waals surface area contributed by atoms with Gasteiger partial charge in [0.1, 0.15) is 5.82 Å². The molecule has 0 fully saturated rings. The number of hydrogen-bond acceptors (Lipinski definition) is 2. The van der Waals surface area contributed by atoms with Gasteiger partial charge < -0.3 is 9.34 Å². The zero-order chi connectivity index (χ0) is 20.3. The van der Waals surface area contributed by atoms with Crippen molar-refractivity contribution in [3.63, 3.8) is 0 Å². The van der Waals surface area contributed by atoms with Gasteiger partial charge in [0.05, 0.1) is 14.6 Å². The van der Waals surface area contributed by atoms with Crippen LogP contribution in [-0.2, 0) is 6.42 Å². The quantitative estimate of drug-likeness (QED) is 0.487. The Bertz CT molecular complexity index is 786. The second kappa shape index (κ2) is 9.09. The summed E-state index contributed by atoms with van der Waals surface area (Å²) in [5.41, 5.74) is 3.67. The minimum Gasteiger partial charge on any atom is -0.337 e. The van der Waals surface area contributed by atoms with E-state index in [0.717, 1.165) is 12.0 Å². The minimum atomic E-state index is -0.186. The highest BCUT2D eigenvalue weighted by Gasteiger charge is 2.32. The first kappa shape index (κ1) is 20.9. The van der Waals surface area contributed by atoms with Crippen LogP contribution in [-0.4, -0.2) is 21.4 Å². The average Bonchev–Trinajstić information content (AvgIpc) is 3.11. The SMILES string of the molecule is CC(C)[C@@H](Cc1ccccc1)N1C=C(c2ccc(F)cc2)N([C@H](C)C(C)C)P1. The highest BCUT2D eigenvalue weighted by atomic mass is 31.1. The number of rotatable bonds is 7. The number of benzene rings is 2. The molecule has 1 unspecified atom stereocenters. The molecule has 1 heterocycles. The molecule has 0 aromatic heterocycles. The Kier molecular flexibility index (Phi) is 6.78. The van der Waals surface area contributed by atoms with Crippen LogP contribution in [0.2, 0.25) is 0 Å². The van der Waals surface area contributed by atoms with Crippen molar-refractivity contribution in [2.75, 3.05) is 0 Å². The van der Waals surface area contributed by atoms with Crippen molar-refractivity contribution in [1.82, 2.24) is 9.34 Å². The van der Waals surface area contributed by atoms with Crippen molar-refractivity contribution in [3.05, 3.63) is 77.7 Å². The largest absolute Gasteiger partial charge is 0.337 e. The average molecular weight is 399 g/mol. The van der Waals surface area contributed by atoms with Crippen molar-refractivity contribution < 1.29 is 4.39 Å². The lowest BCUT2D eigenvalue weighted by molar-refractivity contribution is 0.325. The lowest BCUT2D eigenvalue weighted by Crippen LogP contribution is -2.33. The van der Waals surface area contributed by atoms with Gasteiger partial charge in [-0.1, -0.05) is 58.0 Å². The molecule has 0 aliphatic carbocycles. The van der Waals surface area contributed by atoms with Gasteiger partial charge >= 0.3 is 0 Å². The summed E-state index contributed by atoms with van der Waals surface area (Å²) in [7, 11) is 0.572. The molecule has 1 aliphatic rings. The molecule has 3 atom stereocenters.